The largest absolute Gasteiger partial charge is 0.481 e. The number of hydrogen-bond donors (Lipinski definition) is 9. The van der Waals surface area contributed by atoms with Gasteiger partial charge in [-0.25, -0.2) is 0 Å². The van der Waals surface area contributed by atoms with Gasteiger partial charge >= 0.3 is 5.97 Å². The van der Waals surface area contributed by atoms with Crippen molar-refractivity contribution in [2.75, 3.05) is 26.2 Å². The molecule has 12 N–H and O–H groups in total. The van der Waals surface area contributed by atoms with Crippen molar-refractivity contribution >= 4 is 41.8 Å². The molecule has 0 unspecified atom stereocenters. The van der Waals surface area contributed by atoms with Crippen molar-refractivity contribution in [3.63, 3.8) is 0 Å². The Morgan fingerprint density at radius 3 is 2.12 bits per heavy atom. The topological polar surface area (TPSA) is 281 Å². The molecule has 16 nitrogen and oxygen atoms in total. The predicted octanol–water partition coefficient (Wildman–Crippen LogP) is -5.76. The summed E-state index contributed by atoms with van der Waals surface area (Å²) in [6.07, 6.45) is -0.145. The fourth-order valence-corrected chi connectivity index (χ4v) is 2.35. The molecule has 0 radical (unpaired) electrons. The van der Waals surface area contributed by atoms with Gasteiger partial charge in [0.15, 0.2) is 5.96 Å². The molecule has 33 heavy (non-hydrogen) atoms. The zero-order chi connectivity index (χ0) is 25.4. The summed E-state index contributed by atoms with van der Waals surface area (Å²) in [6.45, 7) is -1.56. The van der Waals surface area contributed by atoms with E-state index in [1.807, 2.05) is 0 Å². The molecule has 4 amide bonds. The third-order valence-corrected chi connectivity index (χ3v) is 3.92. The van der Waals surface area contributed by atoms with Crippen LogP contribution in [0.25, 0.3) is 0 Å². The smallest absolute Gasteiger partial charge is 0.305 e. The molecule has 0 aromatic rings. The van der Waals surface area contributed by atoms with Crippen LogP contribution in [-0.4, -0.2) is 96.4 Å². The number of aliphatic hydroxyl groups excluding tert-OH is 1. The molecule has 0 spiro atoms. The number of aliphatic carboxylic acids is 1. The second-order valence-electron chi connectivity index (χ2n) is 6.64. The van der Waals surface area contributed by atoms with Gasteiger partial charge in [0.05, 0.1) is 26.1 Å². The number of hydrogen-bond acceptors (Lipinski definition) is 9. The highest BCUT2D eigenvalue weighted by Crippen LogP contribution is 1.99. The Morgan fingerprint density at radius 2 is 1.61 bits per heavy atom. The molecule has 0 saturated carbocycles. The van der Waals surface area contributed by atoms with Crippen molar-refractivity contribution < 1.29 is 39.0 Å². The van der Waals surface area contributed by atoms with Gasteiger partial charge in [0.1, 0.15) is 24.4 Å². The predicted molar refractivity (Wildman–Crippen MR) is 113 cm³/mol. The monoisotopic (exact) mass is 474 g/mol. The number of nitrogens with zero attached hydrogens (tertiary/aromatic N) is 1. The molecule has 0 fully saturated rings. The van der Waals surface area contributed by atoms with E-state index in [1.54, 1.807) is 0 Å². The van der Waals surface area contributed by atoms with E-state index >= 15 is 0 Å². The van der Waals surface area contributed by atoms with E-state index < -0.39 is 67.3 Å². The molecule has 0 aliphatic heterocycles. The minimum atomic E-state index is -1.58. The summed E-state index contributed by atoms with van der Waals surface area (Å²) in [6, 6.07) is -3.91. The van der Waals surface area contributed by atoms with Gasteiger partial charge in [-0.1, -0.05) is 0 Å². The van der Waals surface area contributed by atoms with E-state index in [2.05, 4.69) is 26.3 Å². The molecule has 0 heterocycles. The lowest BCUT2D eigenvalue weighted by Gasteiger charge is -2.20. The van der Waals surface area contributed by atoms with Gasteiger partial charge in [0.2, 0.25) is 23.6 Å². The highest BCUT2D eigenvalue weighted by Gasteiger charge is 2.26. The van der Waals surface area contributed by atoms with E-state index in [0.29, 0.717) is 6.42 Å². The molecule has 0 aromatic heterocycles. The maximum atomic E-state index is 12.4. The van der Waals surface area contributed by atoms with Crippen LogP contribution in [0.5, 0.6) is 0 Å². The molecule has 0 aliphatic carbocycles. The minimum Gasteiger partial charge on any atom is -0.481 e. The lowest BCUT2D eigenvalue weighted by molar-refractivity contribution is -0.141. The summed E-state index contributed by atoms with van der Waals surface area (Å²) in [5.41, 5.74) is 15.6. The zero-order valence-corrected chi connectivity index (χ0v) is 17.8. The highest BCUT2D eigenvalue weighted by atomic mass is 16.4. The fraction of sp³-hybridized carbons (Fsp3) is 0.588. The van der Waals surface area contributed by atoms with E-state index in [1.165, 1.54) is 0 Å². The number of aldehydes is 1. The Hall–Kier alpha value is -3.79. The van der Waals surface area contributed by atoms with E-state index in [9.17, 15) is 28.8 Å². The van der Waals surface area contributed by atoms with Crippen LogP contribution < -0.4 is 38.5 Å². The molecule has 186 valence electrons. The van der Waals surface area contributed by atoms with Crippen LogP contribution in [0.4, 0.5) is 0 Å². The second kappa shape index (κ2) is 15.9. The molecule has 0 rings (SSSR count). The summed E-state index contributed by atoms with van der Waals surface area (Å²) in [7, 11) is 0. The maximum Gasteiger partial charge on any atom is 0.305 e. The molecule has 0 bridgehead atoms. The number of aliphatic imine (C=N–C) groups is 1. The molecule has 16 heteroatoms. The van der Waals surface area contributed by atoms with Gasteiger partial charge in [-0.05, 0) is 12.8 Å². The Bertz CT molecular complexity index is 741. The van der Waals surface area contributed by atoms with Crippen LogP contribution >= 0.6 is 0 Å². The second-order valence-corrected chi connectivity index (χ2v) is 6.64. The fourth-order valence-electron chi connectivity index (χ4n) is 2.35. The van der Waals surface area contributed by atoms with E-state index in [0.717, 1.165) is 0 Å². The van der Waals surface area contributed by atoms with E-state index in [4.69, 9.17) is 27.4 Å². The molecule has 0 aromatic carbocycles. The SMILES string of the molecule is NCC(=O)N[C@@H](CCCN=C(N)N)C(=O)NCC(=O)N[C@@H](CC(=O)O)C(=O)N[C@H](C=O)CO. The molecule has 0 aliphatic rings. The number of aliphatic hydroxyl groups is 1. The van der Waals surface area contributed by atoms with Crippen molar-refractivity contribution in [1.82, 2.24) is 21.3 Å². The minimum absolute atomic E-state index is 0.119. The molecular weight excluding hydrogens is 444 g/mol. The van der Waals surface area contributed by atoms with Gasteiger partial charge in [-0.3, -0.25) is 29.0 Å². The molecule has 3 atom stereocenters. The van der Waals surface area contributed by atoms with Crippen LogP contribution in [0, 0.1) is 0 Å². The number of carbonyl (C=O) groups excluding carboxylic acids is 5. The number of nitrogens with one attached hydrogen (secondary N) is 4. The van der Waals surface area contributed by atoms with Gasteiger partial charge in [0, 0.05) is 6.54 Å². The van der Waals surface area contributed by atoms with Crippen LogP contribution in [0.15, 0.2) is 4.99 Å². The summed E-state index contributed by atoms with van der Waals surface area (Å²) in [5, 5.41) is 26.7. The quantitative estimate of drug-likeness (QED) is 0.0439. The zero-order valence-electron chi connectivity index (χ0n) is 17.8. The van der Waals surface area contributed by atoms with Gasteiger partial charge < -0.3 is 53.5 Å². The van der Waals surface area contributed by atoms with Crippen LogP contribution in [-0.2, 0) is 28.8 Å². The standard InChI is InChI=1S/C17H30N8O8/c18-5-12(28)24-10(2-1-3-21-17(19)20)15(32)22-6-13(29)25-11(4-14(30)31)16(33)23-9(7-26)8-27/h7,9-11,27H,1-6,8,18H2,(H,22,32)(H,23,33)(H,24,28)(H,25,29)(H,30,31)(H4,19,20,21)/t9-,10+,11+/m1/s1. The number of carboxylic acid groups (broad SMARTS) is 1. The first kappa shape index (κ1) is 29.2. The third-order valence-electron chi connectivity index (χ3n) is 3.92. The van der Waals surface area contributed by atoms with Gasteiger partial charge in [0.25, 0.3) is 0 Å². The first-order valence-electron chi connectivity index (χ1n) is 9.74. The van der Waals surface area contributed by atoms with Crippen LogP contribution in [0.2, 0.25) is 0 Å². The van der Waals surface area contributed by atoms with Crippen molar-refractivity contribution in [1.29, 1.82) is 0 Å². The Morgan fingerprint density at radius 1 is 0.970 bits per heavy atom. The first-order valence-corrected chi connectivity index (χ1v) is 9.74. The van der Waals surface area contributed by atoms with Crippen molar-refractivity contribution in [3.8, 4) is 0 Å². The lowest BCUT2D eigenvalue weighted by atomic mass is 10.1. The summed E-state index contributed by atoms with van der Waals surface area (Å²) < 4.78 is 0. The Labute approximate surface area is 188 Å². The summed E-state index contributed by atoms with van der Waals surface area (Å²) >= 11 is 0. The average molecular weight is 474 g/mol. The number of guanidine groups is 1. The third kappa shape index (κ3) is 13.3. The number of nitrogens with two attached hydrogens (primary N) is 3. The maximum absolute atomic E-state index is 12.4. The number of rotatable bonds is 16. The van der Waals surface area contributed by atoms with E-state index in [-0.39, 0.29) is 31.8 Å². The van der Waals surface area contributed by atoms with Crippen molar-refractivity contribution in [2.45, 2.75) is 37.4 Å². The van der Waals surface area contributed by atoms with Crippen LogP contribution in [0.1, 0.15) is 19.3 Å². The summed E-state index contributed by atoms with van der Waals surface area (Å²) in [5.74, 6) is -4.85. The Balaban J connectivity index is 4.97. The number of carboxylic acids is 1. The van der Waals surface area contributed by atoms with Crippen LogP contribution in [0.3, 0.4) is 0 Å². The van der Waals surface area contributed by atoms with Gasteiger partial charge in [-0.2, -0.15) is 0 Å². The molecular formula is C17H30N8O8. The average Bonchev–Trinajstić information content (AvgIpc) is 2.76. The highest BCUT2D eigenvalue weighted by molar-refractivity contribution is 5.94. The lowest BCUT2D eigenvalue weighted by Crippen LogP contribution is -2.54. The summed E-state index contributed by atoms with van der Waals surface area (Å²) in [4.78, 5) is 73.6. The normalized spacial score (nSPS) is 12.9. The molecule has 0 saturated heterocycles. The first-order chi connectivity index (χ1) is 15.5. The van der Waals surface area contributed by atoms with Crippen molar-refractivity contribution in [2.24, 2.45) is 22.2 Å². The number of amides is 4. The van der Waals surface area contributed by atoms with Crippen molar-refractivity contribution in [3.05, 3.63) is 0 Å². The number of carbonyl (C=O) groups is 6. The van der Waals surface area contributed by atoms with Gasteiger partial charge in [-0.15, -0.1) is 0 Å². The Kier molecular flexibility index (Phi) is 14.1.